The van der Waals surface area contributed by atoms with Gasteiger partial charge in [-0.05, 0) is 41.5 Å². The van der Waals surface area contributed by atoms with E-state index in [0.717, 1.165) is 4.88 Å². The third-order valence-corrected chi connectivity index (χ3v) is 3.49. The highest BCUT2D eigenvalue weighted by Crippen LogP contribution is 2.20. The summed E-state index contributed by atoms with van der Waals surface area (Å²) in [4.78, 5) is 28.4. The van der Waals surface area contributed by atoms with E-state index in [4.69, 9.17) is 9.47 Å². The van der Waals surface area contributed by atoms with E-state index in [1.807, 2.05) is 0 Å². The summed E-state index contributed by atoms with van der Waals surface area (Å²) in [7, 11) is 0. The summed E-state index contributed by atoms with van der Waals surface area (Å²) in [6.07, 6.45) is 0.766. The van der Waals surface area contributed by atoms with E-state index in [-0.39, 0.29) is 6.61 Å². The average Bonchev–Trinajstić information content (AvgIpc) is 2.80. The number of anilines is 1. The zero-order valence-corrected chi connectivity index (χ0v) is 16.3. The second-order valence-corrected chi connectivity index (χ2v) is 8.60. The van der Waals surface area contributed by atoms with Crippen molar-refractivity contribution in [3.8, 4) is 0 Å². The molecular formula is C16H27N3O5S. The number of carbonyl (C=O) groups is 2. The summed E-state index contributed by atoms with van der Waals surface area (Å²) < 4.78 is 10.3. The van der Waals surface area contributed by atoms with Crippen molar-refractivity contribution in [3.63, 3.8) is 0 Å². The summed E-state index contributed by atoms with van der Waals surface area (Å²) in [6, 6.07) is -0.510. The number of aliphatic hydroxyl groups is 1. The smallest absolute Gasteiger partial charge is 0.413 e. The number of carbonyl (C=O) groups excluding carboxylic acids is 2. The molecule has 0 bridgehead atoms. The second-order valence-electron chi connectivity index (χ2n) is 7.49. The number of alkyl carbamates (subject to hydrolysis) is 1. The zero-order valence-electron chi connectivity index (χ0n) is 15.5. The molecule has 1 atom stereocenters. The number of nitrogens with zero attached hydrogens (tertiary/aromatic N) is 1. The standard InChI is InChI=1S/C16H27N3O5S/c1-15(2,3)23-13(21)18-10(9-20)7-11-8-17-12(25-11)19-14(22)24-16(4,5)6/h8,10,20H,7,9H2,1-6H3,(H,18,21)(H,17,19,22)/t10-/m0/s1. The Bertz CT molecular complexity index is 589. The van der Waals surface area contributed by atoms with Crippen molar-refractivity contribution < 1.29 is 24.2 Å². The summed E-state index contributed by atoms with van der Waals surface area (Å²) in [5.74, 6) is 0. The normalized spacial score (nSPS) is 13.1. The molecule has 0 fully saturated rings. The highest BCUT2D eigenvalue weighted by atomic mass is 32.1. The molecule has 0 aliphatic rings. The number of amides is 2. The van der Waals surface area contributed by atoms with Crippen LogP contribution in [0.4, 0.5) is 14.7 Å². The van der Waals surface area contributed by atoms with Gasteiger partial charge in [-0.2, -0.15) is 0 Å². The highest BCUT2D eigenvalue weighted by Gasteiger charge is 2.21. The third kappa shape index (κ3) is 9.25. The number of aromatic nitrogens is 1. The fourth-order valence-electron chi connectivity index (χ4n) is 1.73. The minimum atomic E-state index is -0.612. The SMILES string of the molecule is CC(C)(C)OC(=O)Nc1ncc(C[C@@H](CO)NC(=O)OC(C)(C)C)s1. The largest absolute Gasteiger partial charge is 0.444 e. The number of thiazole rings is 1. The molecule has 9 heteroatoms. The minimum absolute atomic E-state index is 0.244. The Morgan fingerprint density at radius 2 is 1.72 bits per heavy atom. The Morgan fingerprint density at radius 3 is 2.24 bits per heavy atom. The van der Waals surface area contributed by atoms with E-state index in [0.29, 0.717) is 11.6 Å². The Kier molecular flexibility index (Phi) is 7.18. The van der Waals surface area contributed by atoms with E-state index >= 15 is 0 Å². The van der Waals surface area contributed by atoms with Crippen LogP contribution in [0.25, 0.3) is 0 Å². The molecule has 0 radical (unpaired) electrons. The second kappa shape index (κ2) is 8.48. The van der Waals surface area contributed by atoms with Crippen molar-refractivity contribution in [1.82, 2.24) is 10.3 Å². The van der Waals surface area contributed by atoms with Crippen LogP contribution in [-0.4, -0.2) is 46.1 Å². The lowest BCUT2D eigenvalue weighted by molar-refractivity contribution is 0.0482. The van der Waals surface area contributed by atoms with E-state index in [2.05, 4.69) is 15.6 Å². The number of hydrogen-bond acceptors (Lipinski definition) is 7. The molecule has 1 heterocycles. The Hall–Kier alpha value is -1.87. The molecule has 1 aromatic heterocycles. The Balaban J connectivity index is 2.57. The Labute approximate surface area is 151 Å². The maximum Gasteiger partial charge on any atom is 0.413 e. The molecule has 25 heavy (non-hydrogen) atoms. The van der Waals surface area contributed by atoms with E-state index < -0.39 is 29.4 Å². The molecule has 0 aliphatic carbocycles. The van der Waals surface area contributed by atoms with Gasteiger partial charge in [0.25, 0.3) is 0 Å². The molecule has 0 saturated heterocycles. The molecular weight excluding hydrogens is 346 g/mol. The fraction of sp³-hybridized carbons (Fsp3) is 0.688. The van der Waals surface area contributed by atoms with Gasteiger partial charge in [0.15, 0.2) is 5.13 Å². The summed E-state index contributed by atoms with van der Waals surface area (Å²) in [6.45, 7) is 10.4. The van der Waals surface area contributed by atoms with Crippen LogP contribution in [0.1, 0.15) is 46.4 Å². The number of nitrogens with one attached hydrogen (secondary N) is 2. The molecule has 0 aliphatic heterocycles. The molecule has 0 spiro atoms. The molecule has 3 N–H and O–H groups in total. The lowest BCUT2D eigenvalue weighted by atomic mass is 10.2. The van der Waals surface area contributed by atoms with Crippen molar-refractivity contribution in [3.05, 3.63) is 11.1 Å². The van der Waals surface area contributed by atoms with Gasteiger partial charge in [-0.3, -0.25) is 5.32 Å². The van der Waals surface area contributed by atoms with Crippen LogP contribution in [0.15, 0.2) is 6.20 Å². The maximum atomic E-state index is 11.8. The van der Waals surface area contributed by atoms with Crippen LogP contribution < -0.4 is 10.6 Å². The van der Waals surface area contributed by atoms with Crippen LogP contribution in [0.3, 0.4) is 0 Å². The van der Waals surface area contributed by atoms with Crippen LogP contribution >= 0.6 is 11.3 Å². The van der Waals surface area contributed by atoms with E-state index in [1.54, 1.807) is 47.7 Å². The molecule has 8 nitrogen and oxygen atoms in total. The van der Waals surface area contributed by atoms with E-state index in [1.165, 1.54) is 11.3 Å². The Morgan fingerprint density at radius 1 is 1.16 bits per heavy atom. The number of aliphatic hydroxyl groups excluding tert-OH is 1. The first-order valence-electron chi connectivity index (χ1n) is 7.93. The number of ether oxygens (including phenoxy) is 2. The van der Waals surface area contributed by atoms with Crippen molar-refractivity contribution >= 4 is 28.7 Å². The maximum absolute atomic E-state index is 11.8. The van der Waals surface area contributed by atoms with Crippen LogP contribution in [0, 0.1) is 0 Å². The van der Waals surface area contributed by atoms with Gasteiger partial charge in [0.05, 0.1) is 12.6 Å². The molecule has 2 amide bonds. The topological polar surface area (TPSA) is 110 Å². The molecule has 1 rings (SSSR count). The van der Waals surface area contributed by atoms with Gasteiger partial charge in [-0.15, -0.1) is 11.3 Å². The first-order chi connectivity index (χ1) is 11.4. The number of hydrogen-bond donors (Lipinski definition) is 3. The lowest BCUT2D eigenvalue weighted by Gasteiger charge is -2.22. The van der Waals surface area contributed by atoms with Gasteiger partial charge < -0.3 is 19.9 Å². The summed E-state index contributed by atoms with van der Waals surface area (Å²) in [5, 5.41) is 15.0. The summed E-state index contributed by atoms with van der Waals surface area (Å²) >= 11 is 1.24. The van der Waals surface area contributed by atoms with Gasteiger partial charge in [-0.25, -0.2) is 14.6 Å². The van der Waals surface area contributed by atoms with Crippen molar-refractivity contribution in [2.75, 3.05) is 11.9 Å². The molecule has 0 saturated carbocycles. The van der Waals surface area contributed by atoms with Crippen molar-refractivity contribution in [1.29, 1.82) is 0 Å². The van der Waals surface area contributed by atoms with E-state index in [9.17, 15) is 14.7 Å². The van der Waals surface area contributed by atoms with Gasteiger partial charge in [0.1, 0.15) is 11.2 Å². The summed E-state index contributed by atoms with van der Waals surface area (Å²) in [5.41, 5.74) is -1.21. The monoisotopic (exact) mass is 373 g/mol. The average molecular weight is 373 g/mol. The molecule has 0 aromatic carbocycles. The first kappa shape index (κ1) is 21.2. The van der Waals surface area contributed by atoms with Gasteiger partial charge in [-0.1, -0.05) is 0 Å². The van der Waals surface area contributed by atoms with Crippen molar-refractivity contribution in [2.45, 2.75) is 65.2 Å². The molecule has 0 unspecified atom stereocenters. The first-order valence-corrected chi connectivity index (χ1v) is 8.74. The zero-order chi connectivity index (χ0) is 19.3. The predicted octanol–water partition coefficient (Wildman–Crippen LogP) is 2.92. The highest BCUT2D eigenvalue weighted by molar-refractivity contribution is 7.15. The van der Waals surface area contributed by atoms with Gasteiger partial charge in [0, 0.05) is 17.5 Å². The fourth-order valence-corrected chi connectivity index (χ4v) is 2.61. The van der Waals surface area contributed by atoms with Crippen LogP contribution in [-0.2, 0) is 15.9 Å². The van der Waals surface area contributed by atoms with Gasteiger partial charge >= 0.3 is 12.2 Å². The lowest BCUT2D eigenvalue weighted by Crippen LogP contribution is -2.42. The van der Waals surface area contributed by atoms with Gasteiger partial charge in [0.2, 0.25) is 0 Å². The minimum Gasteiger partial charge on any atom is -0.444 e. The third-order valence-electron chi connectivity index (χ3n) is 2.55. The molecule has 1 aromatic rings. The van der Waals surface area contributed by atoms with Crippen LogP contribution in [0.5, 0.6) is 0 Å². The molecule has 142 valence electrons. The number of rotatable bonds is 5. The van der Waals surface area contributed by atoms with Crippen LogP contribution in [0.2, 0.25) is 0 Å². The van der Waals surface area contributed by atoms with Crippen molar-refractivity contribution in [2.24, 2.45) is 0 Å². The quantitative estimate of drug-likeness (QED) is 0.732. The predicted molar refractivity (Wildman–Crippen MR) is 95.9 cm³/mol.